The Hall–Kier alpha value is -0.0210. The molecule has 0 aromatic carbocycles. The molecule has 4 nitrogen and oxygen atoms in total. The quantitative estimate of drug-likeness (QED) is 0.473. The van der Waals surface area contributed by atoms with Gasteiger partial charge in [0.25, 0.3) is 0 Å². The van der Waals surface area contributed by atoms with Crippen LogP contribution in [0.25, 0.3) is 0 Å². The number of nitrogens with zero attached hydrogens (tertiary/aromatic N) is 1. The second-order valence-electron chi connectivity index (χ2n) is 1.52. The molecule has 0 saturated carbocycles. The van der Waals surface area contributed by atoms with Gasteiger partial charge in [-0.2, -0.15) is 0 Å². The van der Waals surface area contributed by atoms with Gasteiger partial charge < -0.3 is 0 Å². The first-order chi connectivity index (χ1) is 4.37. The fraction of sp³-hybridized carbons (Fsp3) is 0.500. The summed E-state index contributed by atoms with van der Waals surface area (Å²) in [7, 11) is 3.51. The summed E-state index contributed by atoms with van der Waals surface area (Å²) in [4.78, 5) is 1.58. The van der Waals surface area contributed by atoms with E-state index in [2.05, 4.69) is 36.9 Å². The predicted octanol–water partition coefficient (Wildman–Crippen LogP) is -2.25. The summed E-state index contributed by atoms with van der Waals surface area (Å²) in [5, 5.41) is 16.1. The Bertz CT molecular complexity index is 122. The van der Waals surface area contributed by atoms with E-state index >= 15 is 0 Å². The Kier molecular flexibility index (Phi) is 8.96. The van der Waals surface area contributed by atoms with Crippen molar-refractivity contribution in [3.05, 3.63) is 0 Å². The first-order valence-electron chi connectivity index (χ1n) is 2.26. The first-order valence-corrected chi connectivity index (χ1v) is 3.98. The molecule has 0 spiro atoms. The Morgan fingerprint density at radius 1 is 1.30 bits per heavy atom. The van der Waals surface area contributed by atoms with E-state index in [0.717, 1.165) is 0 Å². The van der Waals surface area contributed by atoms with Gasteiger partial charge in [0, 0.05) is 0 Å². The summed E-state index contributed by atoms with van der Waals surface area (Å²) in [6, 6.07) is 0. The van der Waals surface area contributed by atoms with E-state index in [-0.39, 0.29) is 9.45 Å². The zero-order valence-corrected chi connectivity index (χ0v) is 9.16. The Morgan fingerprint density at radius 2 is 1.40 bits per heavy atom. The van der Waals surface area contributed by atoms with Crippen molar-refractivity contribution in [1.82, 2.24) is 4.90 Å². The number of aliphatic hydroxyl groups excluding tert-OH is 2. The van der Waals surface area contributed by atoms with E-state index < -0.39 is 0 Å². The molecular weight excluding hydrogens is 266 g/mol. The van der Waals surface area contributed by atoms with Crippen LogP contribution < -0.4 is 5.73 Å². The summed E-state index contributed by atoms with van der Waals surface area (Å²) in [5.41, 5.74) is 4.53. The van der Waals surface area contributed by atoms with Crippen molar-refractivity contribution < 1.29 is 10.2 Å². The molecule has 4 N–H and O–H groups in total. The van der Waals surface area contributed by atoms with Crippen molar-refractivity contribution in [3.63, 3.8) is 0 Å². The topological polar surface area (TPSA) is 69.7 Å². The summed E-state index contributed by atoms with van der Waals surface area (Å²) < 4.78 is 0.00926. The van der Waals surface area contributed by atoms with Gasteiger partial charge in [-0.1, -0.05) is 0 Å². The maximum atomic E-state index is 8.42. The molecule has 10 heavy (non-hydrogen) atoms. The van der Waals surface area contributed by atoms with Gasteiger partial charge in [0.2, 0.25) is 0 Å². The first kappa shape index (κ1) is 12.6. The van der Waals surface area contributed by atoms with Gasteiger partial charge in [0.05, 0.1) is 0 Å². The molecule has 0 fully saturated rings. The molecule has 0 unspecified atom stereocenters. The van der Waals surface area contributed by atoms with Crippen LogP contribution in [0.1, 0.15) is 0 Å². The fourth-order valence-electron chi connectivity index (χ4n) is 0. The van der Waals surface area contributed by atoms with Gasteiger partial charge in [0.1, 0.15) is 0 Å². The second kappa shape index (κ2) is 7.09. The molecule has 0 amide bonds. The molecule has 0 bridgehead atoms. The van der Waals surface area contributed by atoms with E-state index in [9.17, 15) is 0 Å². The molecule has 0 atom stereocenters. The van der Waals surface area contributed by atoms with Gasteiger partial charge in [-0.15, -0.1) is 0 Å². The van der Waals surface area contributed by atoms with E-state index in [1.165, 1.54) is 0 Å². The average molecular weight is 276 g/mol. The average Bonchev–Trinajstić information content (AvgIpc) is 1.63. The minimum atomic E-state index is -0.208. The molecule has 0 radical (unpaired) electrons. The van der Waals surface area contributed by atoms with Gasteiger partial charge in [-0.25, -0.2) is 0 Å². The number of hydrogen-bond donors (Lipinski definition) is 3. The van der Waals surface area contributed by atoms with E-state index in [1.807, 2.05) is 0 Å². The summed E-state index contributed by atoms with van der Waals surface area (Å²) in [5.74, 6) is 0. The van der Waals surface area contributed by atoms with Gasteiger partial charge in [-0.05, 0) is 0 Å². The van der Waals surface area contributed by atoms with Crippen LogP contribution in [0, 0.1) is 0 Å². The van der Waals surface area contributed by atoms with Crippen LogP contribution in [0.4, 0.5) is 0 Å². The zero-order chi connectivity index (χ0) is 8.73. The third kappa shape index (κ3) is 24.5. The van der Waals surface area contributed by atoms with Crippen LogP contribution in [-0.4, -0.2) is 69.8 Å². The Balaban J connectivity index is 0. The Morgan fingerprint density at radius 3 is 1.40 bits per heavy atom. The molecule has 0 aromatic heterocycles. The van der Waals surface area contributed by atoms with Gasteiger partial charge in [-0.3, -0.25) is 0 Å². The van der Waals surface area contributed by atoms with Crippen LogP contribution in [0.3, 0.4) is 0 Å². The summed E-state index contributed by atoms with van der Waals surface area (Å²) in [6.45, 7) is 0. The number of nitrogens with two attached hydrogens (primary N) is 1. The van der Waals surface area contributed by atoms with Crippen molar-refractivity contribution in [1.29, 1.82) is 0 Å². The molecular formula is C4H10N2O2Se2. The van der Waals surface area contributed by atoms with E-state index in [4.69, 9.17) is 10.2 Å². The van der Waals surface area contributed by atoms with E-state index in [1.54, 1.807) is 19.0 Å². The van der Waals surface area contributed by atoms with Gasteiger partial charge in [0.15, 0.2) is 0 Å². The second-order valence-corrected chi connectivity index (χ2v) is 3.16. The third-order valence-electron chi connectivity index (χ3n) is 0.383. The maximum absolute atomic E-state index is 8.42. The van der Waals surface area contributed by atoms with Crippen LogP contribution >= 0.6 is 0 Å². The van der Waals surface area contributed by atoms with Crippen molar-refractivity contribution in [2.75, 3.05) is 14.1 Å². The monoisotopic (exact) mass is 278 g/mol. The molecule has 6 heteroatoms. The standard InChI is InChI=1S/C3H7NOSe.CH3NOSe/c1-4(2)3(5)6;2-1(3)4/h1-2H3,(H,5,6);(H3,2,3,4). The predicted molar refractivity (Wildman–Crippen MR) is 43.3 cm³/mol. The minimum absolute atomic E-state index is 0.208. The van der Waals surface area contributed by atoms with Crippen LogP contribution in [-0.2, 0) is 0 Å². The SMILES string of the molecule is CN(C)C(O)=[Se].NC(O)=[Se]. The van der Waals surface area contributed by atoms with Gasteiger partial charge >= 0.3 is 75.5 Å². The fourth-order valence-corrected chi connectivity index (χ4v) is 0. The van der Waals surface area contributed by atoms with Crippen LogP contribution in [0.5, 0.6) is 0 Å². The Labute approximate surface area is 75.7 Å². The third-order valence-corrected chi connectivity index (χ3v) is 1.15. The van der Waals surface area contributed by atoms with Crippen molar-refractivity contribution >= 4 is 40.6 Å². The van der Waals surface area contributed by atoms with Crippen LogP contribution in [0.2, 0.25) is 0 Å². The number of hydrogen-bond acceptors (Lipinski definition) is 4. The molecule has 0 heterocycles. The number of rotatable bonds is 1. The molecule has 0 rings (SSSR count). The van der Waals surface area contributed by atoms with Crippen molar-refractivity contribution in [2.45, 2.75) is 0 Å². The van der Waals surface area contributed by atoms with Crippen molar-refractivity contribution in [3.8, 4) is 0 Å². The number of aliphatic hydroxyl groups is 2. The molecule has 0 saturated heterocycles. The molecule has 60 valence electrons. The molecule has 0 aliphatic rings. The van der Waals surface area contributed by atoms with Crippen LogP contribution in [0.15, 0.2) is 0 Å². The summed E-state index contributed by atoms with van der Waals surface area (Å²) in [6.07, 6.45) is 0. The van der Waals surface area contributed by atoms with Crippen molar-refractivity contribution in [2.24, 2.45) is 5.73 Å². The normalized spacial score (nSPS) is 7.00. The molecule has 0 aliphatic carbocycles. The molecule has 0 aromatic rings. The van der Waals surface area contributed by atoms with E-state index in [0.29, 0.717) is 0 Å². The summed E-state index contributed by atoms with van der Waals surface area (Å²) >= 11 is 4.59. The zero-order valence-electron chi connectivity index (χ0n) is 5.74. The molecule has 0 aliphatic heterocycles.